The molecule has 0 radical (unpaired) electrons. The van der Waals surface area contributed by atoms with Gasteiger partial charge in [-0.05, 0) is 25.6 Å². The van der Waals surface area contributed by atoms with Gasteiger partial charge in [-0.25, -0.2) is 0 Å². The Balaban J connectivity index is 1.58. The number of likely N-dealkylation sites (N-methyl/N-ethyl adjacent to an activating group) is 1. The van der Waals surface area contributed by atoms with E-state index in [0.29, 0.717) is 6.04 Å². The van der Waals surface area contributed by atoms with Crippen LogP contribution in [-0.4, -0.2) is 59.8 Å². The molecule has 2 aliphatic rings. The Bertz CT molecular complexity index is 545. The lowest BCUT2D eigenvalue weighted by Crippen LogP contribution is -2.61. The molecule has 0 aromatic carbocycles. The summed E-state index contributed by atoms with van der Waals surface area (Å²) >= 11 is 0. The van der Waals surface area contributed by atoms with Gasteiger partial charge in [0.05, 0.1) is 11.7 Å². The lowest BCUT2D eigenvalue weighted by Gasteiger charge is -2.45. The summed E-state index contributed by atoms with van der Waals surface area (Å²) in [6.45, 7) is 9.02. The standard InChI is InChI=1S/C16H25N5O/c1-16(2,3)13-5-6-14(19-18-13)21-9-11(10-21)20(4)12-7-8-17-15(12)22/h5-6,11-12H,7-10H2,1-4H3,(H,17,22). The molecule has 1 aromatic heterocycles. The van der Waals surface area contributed by atoms with E-state index in [1.807, 2.05) is 13.1 Å². The van der Waals surface area contributed by atoms with Gasteiger partial charge in [-0.1, -0.05) is 20.8 Å². The molecule has 3 heterocycles. The third-order valence-corrected chi connectivity index (χ3v) is 4.69. The fraction of sp³-hybridized carbons (Fsp3) is 0.688. The minimum Gasteiger partial charge on any atom is -0.355 e. The molecule has 1 unspecified atom stereocenters. The van der Waals surface area contributed by atoms with Crippen LogP contribution in [0.15, 0.2) is 12.1 Å². The summed E-state index contributed by atoms with van der Waals surface area (Å²) in [5.74, 6) is 1.09. The van der Waals surface area contributed by atoms with Gasteiger partial charge >= 0.3 is 0 Å². The van der Waals surface area contributed by atoms with Crippen molar-refractivity contribution in [3.8, 4) is 0 Å². The first-order chi connectivity index (χ1) is 10.4. The Morgan fingerprint density at radius 2 is 2.00 bits per heavy atom. The monoisotopic (exact) mass is 303 g/mol. The third-order valence-electron chi connectivity index (χ3n) is 4.69. The van der Waals surface area contributed by atoms with Gasteiger partial charge in [0.25, 0.3) is 0 Å². The van der Waals surface area contributed by atoms with E-state index < -0.39 is 0 Å². The van der Waals surface area contributed by atoms with Gasteiger partial charge in [0.15, 0.2) is 5.82 Å². The number of nitrogens with one attached hydrogen (secondary N) is 1. The van der Waals surface area contributed by atoms with Gasteiger partial charge < -0.3 is 10.2 Å². The van der Waals surface area contributed by atoms with Crippen LogP contribution in [0.25, 0.3) is 0 Å². The molecule has 22 heavy (non-hydrogen) atoms. The number of carbonyl (C=O) groups is 1. The first kappa shape index (κ1) is 15.2. The summed E-state index contributed by atoms with van der Waals surface area (Å²) in [7, 11) is 2.05. The van der Waals surface area contributed by atoms with Crippen molar-refractivity contribution in [3.05, 3.63) is 17.8 Å². The maximum atomic E-state index is 11.8. The molecule has 0 saturated carbocycles. The summed E-state index contributed by atoms with van der Waals surface area (Å²) in [6.07, 6.45) is 0.909. The van der Waals surface area contributed by atoms with E-state index in [0.717, 1.165) is 37.6 Å². The second-order valence-corrected chi connectivity index (χ2v) is 7.35. The van der Waals surface area contributed by atoms with Gasteiger partial charge in [0.1, 0.15) is 0 Å². The van der Waals surface area contributed by atoms with Gasteiger partial charge in [-0.15, -0.1) is 5.10 Å². The summed E-state index contributed by atoms with van der Waals surface area (Å²) in [5, 5.41) is 11.6. The van der Waals surface area contributed by atoms with E-state index >= 15 is 0 Å². The highest BCUT2D eigenvalue weighted by molar-refractivity contribution is 5.83. The highest BCUT2D eigenvalue weighted by Gasteiger charge is 2.38. The number of aromatic nitrogens is 2. The zero-order chi connectivity index (χ0) is 15.9. The van der Waals surface area contributed by atoms with E-state index in [1.165, 1.54) is 0 Å². The predicted molar refractivity (Wildman–Crippen MR) is 85.9 cm³/mol. The molecule has 2 fully saturated rings. The van der Waals surface area contributed by atoms with Crippen molar-refractivity contribution < 1.29 is 4.79 Å². The summed E-state index contributed by atoms with van der Waals surface area (Å²) < 4.78 is 0. The zero-order valence-electron chi connectivity index (χ0n) is 13.8. The van der Waals surface area contributed by atoms with E-state index in [9.17, 15) is 4.79 Å². The predicted octanol–water partition coefficient (Wildman–Crippen LogP) is 0.783. The molecule has 1 aromatic rings. The SMILES string of the molecule is CN(C1CN(c2ccc(C(C)(C)C)nn2)C1)C1CCNC1=O. The van der Waals surface area contributed by atoms with Crippen LogP contribution >= 0.6 is 0 Å². The highest BCUT2D eigenvalue weighted by Crippen LogP contribution is 2.25. The average molecular weight is 303 g/mol. The molecule has 120 valence electrons. The van der Waals surface area contributed by atoms with Crippen molar-refractivity contribution in [2.75, 3.05) is 31.6 Å². The van der Waals surface area contributed by atoms with Crippen molar-refractivity contribution >= 4 is 11.7 Å². The van der Waals surface area contributed by atoms with Crippen LogP contribution in [0.2, 0.25) is 0 Å². The Kier molecular flexibility index (Phi) is 3.80. The second-order valence-electron chi connectivity index (χ2n) is 7.35. The quantitative estimate of drug-likeness (QED) is 0.894. The van der Waals surface area contributed by atoms with Crippen LogP contribution in [0.3, 0.4) is 0 Å². The van der Waals surface area contributed by atoms with Gasteiger partial charge in [-0.3, -0.25) is 9.69 Å². The van der Waals surface area contributed by atoms with Crippen molar-refractivity contribution in [2.24, 2.45) is 0 Å². The molecule has 3 rings (SSSR count). The van der Waals surface area contributed by atoms with E-state index in [4.69, 9.17) is 0 Å². The Morgan fingerprint density at radius 3 is 2.50 bits per heavy atom. The Morgan fingerprint density at radius 1 is 1.27 bits per heavy atom. The number of anilines is 1. The number of amides is 1. The third kappa shape index (κ3) is 2.79. The summed E-state index contributed by atoms with van der Waals surface area (Å²) in [6, 6.07) is 4.55. The highest BCUT2D eigenvalue weighted by atomic mass is 16.2. The van der Waals surface area contributed by atoms with Crippen molar-refractivity contribution in [2.45, 2.75) is 44.7 Å². The molecule has 6 heteroatoms. The first-order valence-electron chi connectivity index (χ1n) is 7.95. The lowest BCUT2D eigenvalue weighted by molar-refractivity contribution is -0.124. The van der Waals surface area contributed by atoms with Crippen LogP contribution in [0.5, 0.6) is 0 Å². The van der Waals surface area contributed by atoms with E-state index in [2.05, 4.69) is 52.2 Å². The molecule has 0 aliphatic carbocycles. The smallest absolute Gasteiger partial charge is 0.237 e. The molecular formula is C16H25N5O. The van der Waals surface area contributed by atoms with Gasteiger partial charge in [0.2, 0.25) is 5.91 Å². The maximum absolute atomic E-state index is 11.8. The van der Waals surface area contributed by atoms with Crippen LogP contribution < -0.4 is 10.2 Å². The van der Waals surface area contributed by atoms with E-state index in [-0.39, 0.29) is 17.4 Å². The van der Waals surface area contributed by atoms with Crippen molar-refractivity contribution in [1.29, 1.82) is 0 Å². The van der Waals surface area contributed by atoms with Crippen LogP contribution in [0.1, 0.15) is 32.9 Å². The maximum Gasteiger partial charge on any atom is 0.237 e. The molecule has 1 amide bonds. The number of hydrogen-bond donors (Lipinski definition) is 1. The normalized spacial score (nSPS) is 22.9. The number of rotatable bonds is 3. The van der Waals surface area contributed by atoms with Crippen LogP contribution in [0, 0.1) is 0 Å². The molecular weight excluding hydrogens is 278 g/mol. The molecule has 2 saturated heterocycles. The number of carbonyl (C=O) groups excluding carboxylic acids is 1. The summed E-state index contributed by atoms with van der Waals surface area (Å²) in [5.41, 5.74) is 1.03. The lowest BCUT2D eigenvalue weighted by atomic mass is 9.92. The second kappa shape index (κ2) is 5.50. The van der Waals surface area contributed by atoms with Gasteiger partial charge in [-0.2, -0.15) is 5.10 Å². The number of nitrogens with zero attached hydrogens (tertiary/aromatic N) is 4. The summed E-state index contributed by atoms with van der Waals surface area (Å²) in [4.78, 5) is 16.2. The Hall–Kier alpha value is -1.69. The minimum absolute atomic E-state index is 0.0268. The molecule has 0 bridgehead atoms. The molecule has 1 N–H and O–H groups in total. The van der Waals surface area contributed by atoms with Crippen molar-refractivity contribution in [1.82, 2.24) is 20.4 Å². The Labute approximate surface area is 131 Å². The molecule has 0 spiro atoms. The van der Waals surface area contributed by atoms with E-state index in [1.54, 1.807) is 0 Å². The fourth-order valence-corrected chi connectivity index (χ4v) is 3.02. The van der Waals surface area contributed by atoms with Gasteiger partial charge in [0, 0.05) is 31.1 Å². The minimum atomic E-state index is 0.0268. The largest absolute Gasteiger partial charge is 0.355 e. The fourth-order valence-electron chi connectivity index (χ4n) is 3.02. The van der Waals surface area contributed by atoms with Crippen molar-refractivity contribution in [3.63, 3.8) is 0 Å². The topological polar surface area (TPSA) is 61.4 Å². The van der Waals surface area contributed by atoms with Crippen LogP contribution in [-0.2, 0) is 10.2 Å². The molecule has 6 nitrogen and oxygen atoms in total. The molecule has 2 aliphatic heterocycles. The van der Waals surface area contributed by atoms with Crippen LogP contribution in [0.4, 0.5) is 5.82 Å². The average Bonchev–Trinajstić information content (AvgIpc) is 2.83. The number of hydrogen-bond acceptors (Lipinski definition) is 5. The zero-order valence-corrected chi connectivity index (χ0v) is 13.8. The first-order valence-corrected chi connectivity index (χ1v) is 7.95. The molecule has 1 atom stereocenters.